The minimum Gasteiger partial charge on any atom is -0.379 e. The molecular formula is C16H32N2O3. The number of carbonyl (C=O) groups is 1. The first-order chi connectivity index (χ1) is 10.2. The molecule has 1 heterocycles. The van der Waals surface area contributed by atoms with Crippen molar-refractivity contribution in [3.8, 4) is 0 Å². The predicted octanol–water partition coefficient (Wildman–Crippen LogP) is 1.80. The van der Waals surface area contributed by atoms with Gasteiger partial charge in [0.25, 0.3) is 0 Å². The lowest BCUT2D eigenvalue weighted by molar-refractivity contribution is -0.134. The zero-order valence-electron chi connectivity index (χ0n) is 13.7. The number of nitrogens with zero attached hydrogens (tertiary/aromatic N) is 1. The Kier molecular flexibility index (Phi) is 9.63. The summed E-state index contributed by atoms with van der Waals surface area (Å²) >= 11 is 0. The van der Waals surface area contributed by atoms with E-state index in [1.807, 2.05) is 11.8 Å². The van der Waals surface area contributed by atoms with Crippen molar-refractivity contribution < 1.29 is 14.3 Å². The van der Waals surface area contributed by atoms with E-state index in [0.717, 1.165) is 45.4 Å². The zero-order valence-corrected chi connectivity index (χ0v) is 13.7. The number of hydrogen-bond donors (Lipinski definition) is 1. The third kappa shape index (κ3) is 7.79. The lowest BCUT2D eigenvalue weighted by atomic mass is 10.0. The van der Waals surface area contributed by atoms with Crippen molar-refractivity contribution >= 4 is 5.91 Å². The first kappa shape index (κ1) is 18.4. The summed E-state index contributed by atoms with van der Waals surface area (Å²) in [6.07, 6.45) is 4.76. The topological polar surface area (TPSA) is 64.8 Å². The quantitative estimate of drug-likeness (QED) is 0.625. The zero-order chi connectivity index (χ0) is 15.5. The van der Waals surface area contributed by atoms with Crippen LogP contribution in [0.25, 0.3) is 0 Å². The number of hydrogen-bond acceptors (Lipinski definition) is 4. The molecule has 1 saturated heterocycles. The van der Waals surface area contributed by atoms with Crippen molar-refractivity contribution in [2.24, 2.45) is 11.7 Å². The Labute approximate surface area is 129 Å². The Balaban J connectivity index is 2.12. The van der Waals surface area contributed by atoms with Crippen LogP contribution >= 0.6 is 0 Å². The number of rotatable bonds is 10. The first-order valence-electron chi connectivity index (χ1n) is 8.34. The molecule has 0 aromatic heterocycles. The lowest BCUT2D eigenvalue weighted by Gasteiger charge is -2.32. The normalized spacial score (nSPS) is 18.0. The van der Waals surface area contributed by atoms with Crippen LogP contribution in [-0.2, 0) is 14.3 Å². The Bertz CT molecular complexity index is 279. The van der Waals surface area contributed by atoms with Gasteiger partial charge in [0.2, 0.25) is 5.91 Å². The number of nitrogens with two attached hydrogens (primary N) is 1. The van der Waals surface area contributed by atoms with Gasteiger partial charge in [-0.3, -0.25) is 4.79 Å². The molecule has 1 atom stereocenters. The van der Waals surface area contributed by atoms with Crippen molar-refractivity contribution in [2.45, 2.75) is 52.1 Å². The summed E-state index contributed by atoms with van der Waals surface area (Å²) < 4.78 is 11.0. The summed E-state index contributed by atoms with van der Waals surface area (Å²) in [5.74, 6) is 0.824. The highest BCUT2D eigenvalue weighted by Crippen LogP contribution is 2.17. The Morgan fingerprint density at radius 3 is 2.62 bits per heavy atom. The summed E-state index contributed by atoms with van der Waals surface area (Å²) in [5, 5.41) is 0. The average molecular weight is 300 g/mol. The molecule has 0 spiro atoms. The lowest BCUT2D eigenvalue weighted by Crippen LogP contribution is -2.41. The molecule has 0 aromatic rings. The molecule has 0 saturated carbocycles. The third-order valence-corrected chi connectivity index (χ3v) is 4.09. The fraction of sp³-hybridized carbons (Fsp3) is 0.938. The van der Waals surface area contributed by atoms with Crippen LogP contribution in [0.5, 0.6) is 0 Å². The smallest absolute Gasteiger partial charge is 0.222 e. The van der Waals surface area contributed by atoms with Crippen LogP contribution in [-0.4, -0.2) is 56.4 Å². The average Bonchev–Trinajstić information content (AvgIpc) is 2.50. The van der Waals surface area contributed by atoms with E-state index in [0.29, 0.717) is 32.1 Å². The third-order valence-electron chi connectivity index (χ3n) is 4.09. The van der Waals surface area contributed by atoms with Gasteiger partial charge >= 0.3 is 0 Å². The van der Waals surface area contributed by atoms with E-state index in [9.17, 15) is 4.79 Å². The largest absolute Gasteiger partial charge is 0.379 e. The van der Waals surface area contributed by atoms with E-state index in [1.165, 1.54) is 0 Å². The van der Waals surface area contributed by atoms with E-state index in [-0.39, 0.29) is 12.0 Å². The van der Waals surface area contributed by atoms with Gasteiger partial charge in [-0.25, -0.2) is 0 Å². The van der Waals surface area contributed by atoms with Gasteiger partial charge in [0.1, 0.15) is 0 Å². The molecule has 1 fully saturated rings. The number of likely N-dealkylation sites (tertiary alicyclic amines) is 1. The van der Waals surface area contributed by atoms with Gasteiger partial charge in [-0.1, -0.05) is 6.92 Å². The maximum absolute atomic E-state index is 12.1. The van der Waals surface area contributed by atoms with Crippen LogP contribution in [0, 0.1) is 5.92 Å². The van der Waals surface area contributed by atoms with Crippen molar-refractivity contribution in [2.75, 3.05) is 39.5 Å². The van der Waals surface area contributed by atoms with Gasteiger partial charge in [-0.2, -0.15) is 0 Å². The summed E-state index contributed by atoms with van der Waals surface area (Å²) in [7, 11) is 0. The molecule has 1 aliphatic heterocycles. The number of ether oxygens (including phenoxy) is 2. The molecule has 5 heteroatoms. The van der Waals surface area contributed by atoms with Gasteiger partial charge in [0, 0.05) is 26.1 Å². The summed E-state index contributed by atoms with van der Waals surface area (Å²) in [4.78, 5) is 14.1. The van der Waals surface area contributed by atoms with Crippen molar-refractivity contribution in [1.29, 1.82) is 0 Å². The van der Waals surface area contributed by atoms with Crippen LogP contribution < -0.4 is 5.73 Å². The molecule has 0 aromatic carbocycles. The van der Waals surface area contributed by atoms with Gasteiger partial charge in [0.05, 0.1) is 19.3 Å². The minimum atomic E-state index is 0.283. The Hall–Kier alpha value is -0.650. The van der Waals surface area contributed by atoms with Crippen LogP contribution in [0.3, 0.4) is 0 Å². The second-order valence-electron chi connectivity index (χ2n) is 5.87. The molecule has 5 nitrogen and oxygen atoms in total. The Morgan fingerprint density at radius 1 is 1.29 bits per heavy atom. The van der Waals surface area contributed by atoms with Gasteiger partial charge in [-0.05, 0) is 45.1 Å². The maximum atomic E-state index is 12.1. The van der Waals surface area contributed by atoms with E-state index in [4.69, 9.17) is 15.2 Å². The molecule has 0 bridgehead atoms. The van der Waals surface area contributed by atoms with Crippen molar-refractivity contribution in [3.05, 3.63) is 0 Å². The molecule has 2 N–H and O–H groups in total. The highest BCUT2D eigenvalue weighted by Gasteiger charge is 2.23. The second-order valence-corrected chi connectivity index (χ2v) is 5.87. The molecule has 1 rings (SSSR count). The SMILES string of the molecule is CCOCCOC1CCN(C(=O)CCC(C)CCN)CC1. The first-order valence-corrected chi connectivity index (χ1v) is 8.34. The summed E-state index contributed by atoms with van der Waals surface area (Å²) in [6.45, 7) is 8.56. The highest BCUT2D eigenvalue weighted by molar-refractivity contribution is 5.76. The molecule has 0 radical (unpaired) electrons. The number of carbonyl (C=O) groups excluding carboxylic acids is 1. The second kappa shape index (κ2) is 11.0. The predicted molar refractivity (Wildman–Crippen MR) is 84.1 cm³/mol. The van der Waals surface area contributed by atoms with Crippen LogP contribution in [0.2, 0.25) is 0 Å². The van der Waals surface area contributed by atoms with E-state index in [2.05, 4.69) is 6.92 Å². The fourth-order valence-corrected chi connectivity index (χ4v) is 2.65. The van der Waals surface area contributed by atoms with Crippen LogP contribution in [0.15, 0.2) is 0 Å². The van der Waals surface area contributed by atoms with Crippen molar-refractivity contribution in [3.63, 3.8) is 0 Å². The monoisotopic (exact) mass is 300 g/mol. The molecule has 1 unspecified atom stereocenters. The highest BCUT2D eigenvalue weighted by atomic mass is 16.5. The van der Waals surface area contributed by atoms with E-state index < -0.39 is 0 Å². The maximum Gasteiger partial charge on any atom is 0.222 e. The van der Waals surface area contributed by atoms with Gasteiger partial charge < -0.3 is 20.1 Å². The van der Waals surface area contributed by atoms with Crippen molar-refractivity contribution in [1.82, 2.24) is 4.90 Å². The molecule has 1 aliphatic rings. The molecular weight excluding hydrogens is 268 g/mol. The Morgan fingerprint density at radius 2 is 2.00 bits per heavy atom. The fourth-order valence-electron chi connectivity index (χ4n) is 2.65. The molecule has 21 heavy (non-hydrogen) atoms. The number of amides is 1. The molecule has 1 amide bonds. The van der Waals surface area contributed by atoms with Gasteiger partial charge in [0.15, 0.2) is 0 Å². The minimum absolute atomic E-state index is 0.283. The van der Waals surface area contributed by atoms with E-state index >= 15 is 0 Å². The summed E-state index contributed by atoms with van der Waals surface area (Å²) in [6, 6.07) is 0. The number of piperidine rings is 1. The molecule has 0 aliphatic carbocycles. The van der Waals surface area contributed by atoms with Gasteiger partial charge in [-0.15, -0.1) is 0 Å². The summed E-state index contributed by atoms with van der Waals surface area (Å²) in [5.41, 5.74) is 5.53. The van der Waals surface area contributed by atoms with Crippen LogP contribution in [0.4, 0.5) is 0 Å². The molecule has 124 valence electrons. The van der Waals surface area contributed by atoms with E-state index in [1.54, 1.807) is 0 Å². The standard InChI is InChI=1S/C16H32N2O3/c1-3-20-12-13-21-15-7-10-18(11-8-15)16(19)5-4-14(2)6-9-17/h14-15H,3-13,17H2,1-2H3. The van der Waals surface area contributed by atoms with Crippen LogP contribution in [0.1, 0.15) is 46.0 Å².